The van der Waals surface area contributed by atoms with E-state index in [4.69, 9.17) is 6.57 Å². The second-order valence-electron chi connectivity index (χ2n) is 6.29. The first-order chi connectivity index (χ1) is 13.0. The van der Waals surface area contributed by atoms with Crippen LogP contribution in [-0.2, 0) is 16.8 Å². The van der Waals surface area contributed by atoms with Gasteiger partial charge in [-0.3, -0.25) is 0 Å². The first kappa shape index (κ1) is 19.3. The Morgan fingerprint density at radius 2 is 1.96 bits per heavy atom. The maximum absolute atomic E-state index is 14.5. The number of benzene rings is 2. The maximum atomic E-state index is 14.5. The summed E-state index contributed by atoms with van der Waals surface area (Å²) in [6.07, 6.45) is 1.51. The number of rotatable bonds is 6. The third-order valence-electron chi connectivity index (χ3n) is 4.47. The molecular weight excluding hydrogens is 367 g/mol. The summed E-state index contributed by atoms with van der Waals surface area (Å²) in [4.78, 5) is 3.42. The van der Waals surface area contributed by atoms with Gasteiger partial charge in [-0.05, 0) is 56.3 Å². The minimum absolute atomic E-state index is 0.0192. The number of fused-ring (bicyclic) bond motifs is 1. The molecule has 0 bridgehead atoms. The Kier molecular flexibility index (Phi) is 5.75. The lowest BCUT2D eigenvalue weighted by Gasteiger charge is -2.37. The first-order valence-electron chi connectivity index (χ1n) is 8.69. The Labute approximate surface area is 159 Å². The van der Waals surface area contributed by atoms with Gasteiger partial charge in [0.15, 0.2) is 5.69 Å². The molecule has 0 spiro atoms. The van der Waals surface area contributed by atoms with Gasteiger partial charge in [-0.2, -0.15) is 12.7 Å². The van der Waals surface area contributed by atoms with Gasteiger partial charge < -0.3 is 5.32 Å². The van der Waals surface area contributed by atoms with Crippen LogP contribution in [0.25, 0.3) is 4.85 Å². The summed E-state index contributed by atoms with van der Waals surface area (Å²) in [5.74, 6) is -0.613. The van der Waals surface area contributed by atoms with Gasteiger partial charge in [0.25, 0.3) is 0 Å². The minimum Gasteiger partial charge on any atom is -0.320 e. The normalized spacial score (nSPS) is 16.0. The monoisotopic (exact) mass is 388 g/mol. The van der Waals surface area contributed by atoms with E-state index in [2.05, 4.69) is 10.2 Å². The van der Waals surface area contributed by atoms with Crippen molar-refractivity contribution in [3.63, 3.8) is 0 Å². The van der Waals surface area contributed by atoms with E-state index in [0.717, 1.165) is 17.3 Å². The molecule has 1 aliphatic rings. The number of unbranched alkanes of at least 4 members (excludes halogenated alkanes) is 1. The summed E-state index contributed by atoms with van der Waals surface area (Å²) < 4.78 is 43.4. The number of hydrogen-bond acceptors (Lipinski definition) is 3. The molecule has 1 aliphatic heterocycles. The lowest BCUT2D eigenvalue weighted by atomic mass is 10.1. The van der Waals surface area contributed by atoms with Gasteiger partial charge in [0.2, 0.25) is 0 Å². The molecule has 142 valence electrons. The third kappa shape index (κ3) is 3.81. The lowest BCUT2D eigenvalue weighted by molar-refractivity contribution is 0.388. The topological polar surface area (TPSA) is 57.0 Å². The maximum Gasteiger partial charge on any atom is 0.308 e. The van der Waals surface area contributed by atoms with Crippen molar-refractivity contribution in [2.24, 2.45) is 0 Å². The molecule has 3 rings (SSSR count). The van der Waals surface area contributed by atoms with Gasteiger partial charge >= 0.3 is 10.2 Å². The smallest absolute Gasteiger partial charge is 0.308 e. The van der Waals surface area contributed by atoms with Crippen molar-refractivity contribution >= 4 is 27.3 Å². The molecule has 2 aromatic rings. The van der Waals surface area contributed by atoms with Crippen molar-refractivity contribution in [2.45, 2.75) is 19.4 Å². The average molecular weight is 388 g/mol. The van der Waals surface area contributed by atoms with Crippen molar-refractivity contribution in [1.82, 2.24) is 9.62 Å². The molecule has 0 aliphatic carbocycles. The first-order valence-corrected chi connectivity index (χ1v) is 10.1. The molecule has 8 heteroatoms. The van der Waals surface area contributed by atoms with Gasteiger partial charge in [0, 0.05) is 13.1 Å². The van der Waals surface area contributed by atoms with E-state index in [1.165, 1.54) is 22.5 Å². The van der Waals surface area contributed by atoms with Crippen LogP contribution in [0.1, 0.15) is 18.4 Å². The van der Waals surface area contributed by atoms with Gasteiger partial charge in [0.05, 0.1) is 17.9 Å². The Bertz CT molecular complexity index is 972. The predicted octanol–water partition coefficient (Wildman–Crippen LogP) is 3.57. The van der Waals surface area contributed by atoms with E-state index in [1.807, 2.05) is 7.05 Å². The molecule has 0 amide bonds. The second-order valence-corrected chi connectivity index (χ2v) is 8.07. The molecule has 0 atom stereocenters. The molecule has 0 saturated heterocycles. The van der Waals surface area contributed by atoms with Crippen molar-refractivity contribution < 1.29 is 12.8 Å². The van der Waals surface area contributed by atoms with Crippen LogP contribution in [-0.4, -0.2) is 32.9 Å². The van der Waals surface area contributed by atoms with Crippen LogP contribution in [0.15, 0.2) is 42.5 Å². The molecule has 0 aromatic heterocycles. The molecule has 1 heterocycles. The highest BCUT2D eigenvalue weighted by Crippen LogP contribution is 2.40. The highest BCUT2D eigenvalue weighted by atomic mass is 32.2. The Morgan fingerprint density at radius 1 is 1.19 bits per heavy atom. The predicted molar refractivity (Wildman–Crippen MR) is 104 cm³/mol. The summed E-state index contributed by atoms with van der Waals surface area (Å²) in [6, 6.07) is 10.6. The summed E-state index contributed by atoms with van der Waals surface area (Å²) in [7, 11) is -2.08. The Morgan fingerprint density at radius 3 is 2.67 bits per heavy atom. The fraction of sp³-hybridized carbons (Fsp3) is 0.316. The Balaban J connectivity index is 2.07. The van der Waals surface area contributed by atoms with Crippen LogP contribution in [0, 0.1) is 12.4 Å². The van der Waals surface area contributed by atoms with Crippen LogP contribution >= 0.6 is 0 Å². The second kappa shape index (κ2) is 8.05. The van der Waals surface area contributed by atoms with E-state index < -0.39 is 16.0 Å². The molecule has 0 fully saturated rings. The molecule has 27 heavy (non-hydrogen) atoms. The van der Waals surface area contributed by atoms with E-state index in [9.17, 15) is 12.8 Å². The fourth-order valence-corrected chi connectivity index (χ4v) is 4.85. The molecule has 1 N–H and O–H groups in total. The number of para-hydroxylation sites is 1. The standard InChI is InChI=1S/C19H21FN4O2S/c1-21-11-5-6-12-23-14-15-13-16(22-2)9-10-18(15)24(27(23,25)26)19-8-4-3-7-17(19)20/h3-4,7-10,13,21H,5-6,11-12,14H2,1H3. The average Bonchev–Trinajstić information content (AvgIpc) is 2.66. The van der Waals surface area contributed by atoms with Gasteiger partial charge in [-0.1, -0.05) is 18.2 Å². The van der Waals surface area contributed by atoms with Crippen LogP contribution in [0.5, 0.6) is 0 Å². The fourth-order valence-electron chi connectivity index (χ4n) is 3.13. The summed E-state index contributed by atoms with van der Waals surface area (Å²) in [5, 5.41) is 3.04. The van der Waals surface area contributed by atoms with Crippen molar-refractivity contribution in [3.05, 3.63) is 65.3 Å². The lowest BCUT2D eigenvalue weighted by Crippen LogP contribution is -2.46. The number of anilines is 2. The molecule has 2 aromatic carbocycles. The highest BCUT2D eigenvalue weighted by molar-refractivity contribution is 7.90. The van der Waals surface area contributed by atoms with Crippen LogP contribution < -0.4 is 9.62 Å². The molecule has 0 unspecified atom stereocenters. The molecule has 0 saturated carbocycles. The zero-order valence-corrected chi connectivity index (χ0v) is 15.8. The third-order valence-corrected chi connectivity index (χ3v) is 6.29. The number of hydrogen-bond donors (Lipinski definition) is 1. The quantitative estimate of drug-likeness (QED) is 0.608. The summed E-state index contributed by atoms with van der Waals surface area (Å²) in [5.41, 5.74) is 1.49. The van der Waals surface area contributed by atoms with Crippen molar-refractivity contribution in [2.75, 3.05) is 24.4 Å². The zero-order chi connectivity index (χ0) is 19.4. The van der Waals surface area contributed by atoms with Crippen LogP contribution in [0.3, 0.4) is 0 Å². The van der Waals surface area contributed by atoms with E-state index in [-0.39, 0.29) is 12.2 Å². The highest BCUT2D eigenvalue weighted by Gasteiger charge is 2.38. The zero-order valence-electron chi connectivity index (χ0n) is 15.0. The van der Waals surface area contributed by atoms with Crippen LogP contribution in [0.2, 0.25) is 0 Å². The van der Waals surface area contributed by atoms with E-state index in [0.29, 0.717) is 29.9 Å². The SMILES string of the molecule is [C-]#[N+]c1ccc2c(c1)CN(CCCCNC)S(=O)(=O)N2c1ccccc1F. The van der Waals surface area contributed by atoms with Gasteiger partial charge in [-0.15, -0.1) is 0 Å². The van der Waals surface area contributed by atoms with Gasteiger partial charge in [0.1, 0.15) is 5.82 Å². The largest absolute Gasteiger partial charge is 0.320 e. The van der Waals surface area contributed by atoms with Crippen molar-refractivity contribution in [1.29, 1.82) is 0 Å². The summed E-state index contributed by atoms with van der Waals surface area (Å²) in [6.45, 7) is 8.50. The molecule has 6 nitrogen and oxygen atoms in total. The van der Waals surface area contributed by atoms with Gasteiger partial charge in [-0.25, -0.2) is 13.5 Å². The van der Waals surface area contributed by atoms with E-state index >= 15 is 0 Å². The van der Waals surface area contributed by atoms with E-state index in [1.54, 1.807) is 24.3 Å². The number of halogens is 1. The van der Waals surface area contributed by atoms with Crippen molar-refractivity contribution in [3.8, 4) is 0 Å². The number of nitrogens with one attached hydrogen (secondary N) is 1. The minimum atomic E-state index is -3.93. The Hall–Kier alpha value is -2.47. The summed E-state index contributed by atoms with van der Waals surface area (Å²) >= 11 is 0. The van der Waals surface area contributed by atoms with Crippen LogP contribution in [0.4, 0.5) is 21.5 Å². The molecule has 0 radical (unpaired) electrons. The molecular formula is C19H21FN4O2S. The number of nitrogens with zero attached hydrogens (tertiary/aromatic N) is 3.